The van der Waals surface area contributed by atoms with Gasteiger partial charge in [0, 0.05) is 20.0 Å². The lowest BCUT2D eigenvalue weighted by Crippen LogP contribution is -2.54. The van der Waals surface area contributed by atoms with Crippen LogP contribution in [0.15, 0.2) is 54.6 Å². The van der Waals surface area contributed by atoms with E-state index in [1.807, 2.05) is 42.5 Å². The van der Waals surface area contributed by atoms with Crippen LogP contribution in [0.25, 0.3) is 0 Å². The van der Waals surface area contributed by atoms with Gasteiger partial charge in [-0.1, -0.05) is 56.3 Å². The van der Waals surface area contributed by atoms with E-state index in [2.05, 4.69) is 35.1 Å². The Kier molecular flexibility index (Phi) is 12.6. The highest BCUT2D eigenvalue weighted by molar-refractivity contribution is 5.92. The van der Waals surface area contributed by atoms with Crippen LogP contribution in [-0.4, -0.2) is 76.8 Å². The minimum absolute atomic E-state index is 0.0907. The molecule has 2 aliphatic heterocycles. The second-order valence-corrected chi connectivity index (χ2v) is 13.8. The summed E-state index contributed by atoms with van der Waals surface area (Å²) in [6.07, 6.45) is 4.16. The van der Waals surface area contributed by atoms with E-state index in [0.717, 1.165) is 24.0 Å². The summed E-state index contributed by atoms with van der Waals surface area (Å²) in [5.41, 5.74) is 1.73. The lowest BCUT2D eigenvalue weighted by Gasteiger charge is -2.25. The van der Waals surface area contributed by atoms with Gasteiger partial charge in [0.1, 0.15) is 37.6 Å². The van der Waals surface area contributed by atoms with Crippen LogP contribution in [0.4, 0.5) is 0 Å². The van der Waals surface area contributed by atoms with Crippen molar-refractivity contribution in [1.82, 2.24) is 36.0 Å². The summed E-state index contributed by atoms with van der Waals surface area (Å²) >= 11 is 0. The summed E-state index contributed by atoms with van der Waals surface area (Å²) in [6.45, 7) is 5.71. The molecule has 0 radical (unpaired) electrons. The summed E-state index contributed by atoms with van der Waals surface area (Å²) in [7, 11) is 1.40. The monoisotopic (exact) mass is 687 g/mol. The summed E-state index contributed by atoms with van der Waals surface area (Å²) in [5, 5.41) is 16.5. The maximum absolute atomic E-state index is 13.8. The molecule has 0 spiro atoms. The molecule has 50 heavy (non-hydrogen) atoms. The number of hydrogen-bond acceptors (Lipinski definition) is 8. The quantitative estimate of drug-likeness (QED) is 0.266. The molecule has 4 N–H and O–H groups in total. The molecule has 1 fully saturated rings. The molecule has 3 aromatic rings. The van der Waals surface area contributed by atoms with Crippen LogP contribution in [0, 0.1) is 11.8 Å². The van der Waals surface area contributed by atoms with Gasteiger partial charge in [0.2, 0.25) is 23.6 Å². The molecule has 268 valence electrons. The van der Waals surface area contributed by atoms with Crippen molar-refractivity contribution in [3.05, 3.63) is 77.4 Å². The van der Waals surface area contributed by atoms with Crippen molar-refractivity contribution < 1.29 is 28.7 Å². The first-order valence-electron chi connectivity index (χ1n) is 17.4. The van der Waals surface area contributed by atoms with Gasteiger partial charge in [0.15, 0.2) is 11.6 Å². The number of benzene rings is 2. The second-order valence-electron chi connectivity index (χ2n) is 13.8. The van der Waals surface area contributed by atoms with Gasteiger partial charge in [0.05, 0.1) is 12.1 Å². The number of rotatable bonds is 9. The Morgan fingerprint density at radius 3 is 2.42 bits per heavy atom. The summed E-state index contributed by atoms with van der Waals surface area (Å²) in [6, 6.07) is 14.0. The molecule has 0 unspecified atom stereocenters. The normalized spacial score (nSPS) is 22.1. The lowest BCUT2D eigenvalue weighted by atomic mass is 10.0. The Labute approximate surface area is 293 Å². The molecule has 13 heteroatoms. The zero-order valence-electron chi connectivity index (χ0n) is 29.3. The third kappa shape index (κ3) is 10.9. The summed E-state index contributed by atoms with van der Waals surface area (Å²) < 4.78 is 12.7. The highest BCUT2D eigenvalue weighted by Crippen LogP contribution is 2.32. The fraction of sp³-hybridized carbons (Fsp3) is 0.514. The molecule has 4 atom stereocenters. The van der Waals surface area contributed by atoms with Crippen LogP contribution in [0.1, 0.15) is 68.9 Å². The number of amides is 4. The first kappa shape index (κ1) is 36.5. The number of nitrogens with zero attached hydrogens (tertiary/aromatic N) is 3. The molecule has 1 aliphatic carbocycles. The fourth-order valence-corrected chi connectivity index (χ4v) is 6.05. The first-order valence-corrected chi connectivity index (χ1v) is 17.4. The largest absolute Gasteiger partial charge is 0.491 e. The Bertz CT molecular complexity index is 1610. The van der Waals surface area contributed by atoms with Crippen LogP contribution in [-0.2, 0) is 49.7 Å². The standard InChI is InChI=1S/C37H49N7O6/c1-23(2)16-28-21-50-29-14-12-26(13-15-29)18-31(40-34(46)22-49-4)37(48)38-24(3)36(47)41-30(17-25-8-6-5-7-9-25)35-42-32(19-27-10-11-27)43-44(35)20-33(45)39-28/h5-9,12-15,23-24,27-28,30-31H,10-11,16-22H2,1-4H3,(H,38,48)(H,39,45)(H,40,46)(H,41,47)/t24-,28+,30-,31+/m1/s1. The molecule has 1 aromatic heterocycles. The van der Waals surface area contributed by atoms with Crippen LogP contribution in [0.5, 0.6) is 5.75 Å². The number of hydrogen-bond donors (Lipinski definition) is 4. The zero-order chi connectivity index (χ0) is 35.6. The molecule has 6 rings (SSSR count). The molecular formula is C37H49N7O6. The molecule has 1 saturated carbocycles. The summed E-state index contributed by atoms with van der Waals surface area (Å²) in [4.78, 5) is 58.4. The van der Waals surface area contributed by atoms with Gasteiger partial charge in [-0.2, -0.15) is 5.10 Å². The SMILES string of the molecule is COCC(=O)N[C@H]1Cc2ccc(cc2)OC[C@H](CC(C)C)NC(=O)Cn2nc(CC3CC3)nc2[C@@H](Cc2ccccc2)NC(=O)[C@@H](C)NC1=O. The zero-order valence-corrected chi connectivity index (χ0v) is 29.3. The molecule has 0 saturated heterocycles. The van der Waals surface area contributed by atoms with Crippen molar-refractivity contribution in [2.24, 2.45) is 11.8 Å². The number of fused-ring (bicyclic) bond motifs is 14. The molecule has 2 aromatic carbocycles. The van der Waals surface area contributed by atoms with Crippen molar-refractivity contribution in [1.29, 1.82) is 0 Å². The number of aromatic nitrogens is 3. The molecular weight excluding hydrogens is 638 g/mol. The van der Waals surface area contributed by atoms with Crippen LogP contribution < -0.4 is 26.0 Å². The molecule has 4 amide bonds. The molecule has 13 nitrogen and oxygen atoms in total. The topological polar surface area (TPSA) is 166 Å². The smallest absolute Gasteiger partial charge is 0.246 e. The van der Waals surface area contributed by atoms with Crippen LogP contribution in [0.3, 0.4) is 0 Å². The van der Waals surface area contributed by atoms with E-state index in [1.54, 1.807) is 23.7 Å². The van der Waals surface area contributed by atoms with E-state index in [-0.39, 0.29) is 38.1 Å². The predicted molar refractivity (Wildman–Crippen MR) is 186 cm³/mol. The average molecular weight is 688 g/mol. The van der Waals surface area contributed by atoms with Gasteiger partial charge < -0.3 is 30.7 Å². The molecule has 2 bridgehead atoms. The van der Waals surface area contributed by atoms with Gasteiger partial charge >= 0.3 is 0 Å². The van der Waals surface area contributed by atoms with Crippen molar-refractivity contribution in [3.8, 4) is 5.75 Å². The van der Waals surface area contributed by atoms with Crippen molar-refractivity contribution in [2.75, 3.05) is 20.3 Å². The van der Waals surface area contributed by atoms with Crippen LogP contribution >= 0.6 is 0 Å². The highest BCUT2D eigenvalue weighted by Gasteiger charge is 2.31. The third-order valence-corrected chi connectivity index (χ3v) is 8.73. The third-order valence-electron chi connectivity index (χ3n) is 8.73. The van der Waals surface area contributed by atoms with E-state index in [4.69, 9.17) is 19.6 Å². The van der Waals surface area contributed by atoms with E-state index in [1.165, 1.54) is 7.11 Å². The predicted octanol–water partition coefficient (Wildman–Crippen LogP) is 2.43. The minimum Gasteiger partial charge on any atom is -0.491 e. The van der Waals surface area contributed by atoms with Crippen molar-refractivity contribution >= 4 is 23.6 Å². The lowest BCUT2D eigenvalue weighted by molar-refractivity contribution is -0.133. The van der Waals surface area contributed by atoms with E-state index < -0.39 is 35.8 Å². The van der Waals surface area contributed by atoms with Gasteiger partial charge in [0.25, 0.3) is 0 Å². The Balaban J connectivity index is 1.49. The van der Waals surface area contributed by atoms with E-state index in [0.29, 0.717) is 48.5 Å². The fourth-order valence-electron chi connectivity index (χ4n) is 6.05. The minimum atomic E-state index is -0.968. The van der Waals surface area contributed by atoms with Gasteiger partial charge in [-0.3, -0.25) is 19.2 Å². The highest BCUT2D eigenvalue weighted by atomic mass is 16.5. The molecule has 3 heterocycles. The number of carbonyl (C=O) groups is 4. The number of nitrogens with one attached hydrogen (secondary N) is 4. The average Bonchev–Trinajstić information content (AvgIpc) is 3.81. The van der Waals surface area contributed by atoms with Gasteiger partial charge in [-0.25, -0.2) is 9.67 Å². The Morgan fingerprint density at radius 2 is 1.74 bits per heavy atom. The summed E-state index contributed by atoms with van der Waals surface area (Å²) in [5.74, 6) is 0.837. The maximum atomic E-state index is 13.8. The molecule has 3 aliphatic rings. The van der Waals surface area contributed by atoms with Gasteiger partial charge in [-0.15, -0.1) is 0 Å². The van der Waals surface area contributed by atoms with Gasteiger partial charge in [-0.05, 0) is 67.7 Å². The van der Waals surface area contributed by atoms with Crippen molar-refractivity contribution in [2.45, 2.75) is 90.0 Å². The number of methoxy groups -OCH3 is 1. The van der Waals surface area contributed by atoms with E-state index in [9.17, 15) is 19.2 Å². The van der Waals surface area contributed by atoms with Crippen LogP contribution in [0.2, 0.25) is 0 Å². The second kappa shape index (κ2) is 17.2. The first-order chi connectivity index (χ1) is 24.1. The van der Waals surface area contributed by atoms with Crippen molar-refractivity contribution in [3.63, 3.8) is 0 Å². The van der Waals surface area contributed by atoms with E-state index >= 15 is 0 Å². The number of ether oxygens (including phenoxy) is 2. The number of carbonyl (C=O) groups excluding carboxylic acids is 4. The Morgan fingerprint density at radius 1 is 1.00 bits per heavy atom. The maximum Gasteiger partial charge on any atom is 0.246 e. The Hall–Kier alpha value is -4.78.